The lowest BCUT2D eigenvalue weighted by Crippen LogP contribution is -2.28. The maximum absolute atomic E-state index is 7.21. The maximum atomic E-state index is 7.21. The molecule has 12 aromatic rings. The molecule has 2 aliphatic rings. The summed E-state index contributed by atoms with van der Waals surface area (Å²) in [4.78, 5) is 2.41. The predicted molar refractivity (Wildman–Crippen MR) is 294 cm³/mol. The van der Waals surface area contributed by atoms with Crippen molar-refractivity contribution in [1.29, 1.82) is 0 Å². The van der Waals surface area contributed by atoms with E-state index in [2.05, 4.69) is 279 Å². The lowest BCUT2D eigenvalue weighted by Gasteiger charge is -2.35. The molecule has 0 N–H and O–H groups in total. The first-order chi connectivity index (χ1) is 35.1. The summed E-state index contributed by atoms with van der Waals surface area (Å²) in [5.74, 6) is 0. The number of fused-ring (bicyclic) bond motifs is 9. The molecule has 2 nitrogen and oxygen atoms in total. The molecule has 0 saturated heterocycles. The van der Waals surface area contributed by atoms with E-state index in [4.69, 9.17) is 4.42 Å². The fourth-order valence-corrected chi connectivity index (χ4v) is 12.4. The summed E-state index contributed by atoms with van der Waals surface area (Å²) in [6.45, 7) is 2.37. The van der Waals surface area contributed by atoms with Crippen molar-refractivity contribution < 1.29 is 4.42 Å². The topological polar surface area (TPSA) is 16.4 Å². The van der Waals surface area contributed by atoms with E-state index in [0.717, 1.165) is 44.6 Å². The van der Waals surface area contributed by atoms with Gasteiger partial charge < -0.3 is 9.32 Å². The van der Waals surface area contributed by atoms with Gasteiger partial charge in [0.15, 0.2) is 0 Å². The molecule has 11 aromatic carbocycles. The molecule has 1 aromatic heterocycles. The van der Waals surface area contributed by atoms with Crippen LogP contribution in [0.4, 0.5) is 17.1 Å². The largest absolute Gasteiger partial charge is 0.456 e. The zero-order valence-electron chi connectivity index (χ0n) is 39.3. The normalized spacial score (nSPS) is 13.6. The third-order valence-corrected chi connectivity index (χ3v) is 15.7. The standard InChI is InChI=1S/C69H47NO/c1-68(61-28-14-11-24-55(61)56-25-12-15-29-62(56)68)64-31-17-27-60-59-43-41-54(45-66(59)71-67(60)64)70(52-38-36-49(37-39-52)48-34-32-47(33-35-48)46-18-5-2-6-19-46)53-40-42-58-57-26-13-16-30-63(57)69(65(58)44-53,50-20-7-3-8-21-50)51-22-9-4-10-23-51/h2-45H,1H3. The van der Waals surface area contributed by atoms with Crippen LogP contribution in [0.1, 0.15) is 45.9 Å². The first-order valence-electron chi connectivity index (χ1n) is 24.7. The highest BCUT2D eigenvalue weighted by molar-refractivity contribution is 6.08. The molecule has 0 unspecified atom stereocenters. The molecule has 0 aliphatic heterocycles. The molecule has 71 heavy (non-hydrogen) atoms. The molecule has 1 heterocycles. The summed E-state index contributed by atoms with van der Waals surface area (Å²) in [5, 5.41) is 2.21. The third kappa shape index (κ3) is 6.14. The Morgan fingerprint density at radius 2 is 0.746 bits per heavy atom. The van der Waals surface area contributed by atoms with Gasteiger partial charge in [-0.15, -0.1) is 0 Å². The molecule has 0 fully saturated rings. The number of furan rings is 1. The van der Waals surface area contributed by atoms with Crippen LogP contribution in [0.25, 0.3) is 66.4 Å². The molecule has 2 aliphatic carbocycles. The van der Waals surface area contributed by atoms with Gasteiger partial charge in [0.25, 0.3) is 0 Å². The minimum absolute atomic E-state index is 0.398. The van der Waals surface area contributed by atoms with Crippen molar-refractivity contribution in [3.63, 3.8) is 0 Å². The van der Waals surface area contributed by atoms with Gasteiger partial charge >= 0.3 is 0 Å². The van der Waals surface area contributed by atoms with Gasteiger partial charge in [-0.3, -0.25) is 0 Å². The van der Waals surface area contributed by atoms with Crippen LogP contribution < -0.4 is 4.90 Å². The first kappa shape index (κ1) is 41.0. The molecule has 0 spiro atoms. The highest BCUT2D eigenvalue weighted by Gasteiger charge is 2.46. The van der Waals surface area contributed by atoms with Crippen molar-refractivity contribution in [2.75, 3.05) is 4.90 Å². The van der Waals surface area contributed by atoms with Crippen molar-refractivity contribution >= 4 is 39.0 Å². The average Bonchev–Trinajstić information content (AvgIpc) is 4.06. The number of nitrogens with zero attached hydrogens (tertiary/aromatic N) is 1. The maximum Gasteiger partial charge on any atom is 0.139 e. The lowest BCUT2D eigenvalue weighted by molar-refractivity contribution is 0.638. The molecule has 0 amide bonds. The van der Waals surface area contributed by atoms with Crippen molar-refractivity contribution in [3.8, 4) is 44.5 Å². The minimum atomic E-state index is -0.543. The smallest absolute Gasteiger partial charge is 0.139 e. The fourth-order valence-electron chi connectivity index (χ4n) is 12.4. The predicted octanol–water partition coefficient (Wildman–Crippen LogP) is 18.1. The summed E-state index contributed by atoms with van der Waals surface area (Å²) < 4.78 is 7.21. The number of para-hydroxylation sites is 1. The van der Waals surface area contributed by atoms with Gasteiger partial charge in [0, 0.05) is 44.9 Å². The molecule has 0 bridgehead atoms. The van der Waals surface area contributed by atoms with Crippen LogP contribution in [0.15, 0.2) is 271 Å². The average molecular weight is 906 g/mol. The van der Waals surface area contributed by atoms with E-state index in [1.54, 1.807) is 0 Å². The second-order valence-corrected chi connectivity index (χ2v) is 19.3. The van der Waals surface area contributed by atoms with Crippen LogP contribution in [0.2, 0.25) is 0 Å². The quantitative estimate of drug-likeness (QED) is 0.151. The minimum Gasteiger partial charge on any atom is -0.456 e. The lowest BCUT2D eigenvalue weighted by atomic mass is 9.67. The van der Waals surface area contributed by atoms with Gasteiger partial charge in [-0.2, -0.15) is 0 Å². The molecule has 2 heteroatoms. The Bertz CT molecular complexity index is 3900. The Morgan fingerprint density at radius 3 is 1.35 bits per heavy atom. The van der Waals surface area contributed by atoms with Crippen LogP contribution in [0, 0.1) is 0 Å². The second kappa shape index (κ2) is 16.1. The summed E-state index contributed by atoms with van der Waals surface area (Å²) in [6, 6.07) is 97.9. The third-order valence-electron chi connectivity index (χ3n) is 15.7. The van der Waals surface area contributed by atoms with Gasteiger partial charge in [-0.05, 0) is 121 Å². The Hall–Kier alpha value is -8.98. The molecule has 14 rings (SSSR count). The highest BCUT2D eigenvalue weighted by atomic mass is 16.3. The Morgan fingerprint density at radius 1 is 0.310 bits per heavy atom. The number of hydrogen-bond donors (Lipinski definition) is 0. The molecule has 0 saturated carbocycles. The van der Waals surface area contributed by atoms with Crippen molar-refractivity contribution in [2.24, 2.45) is 0 Å². The Labute approximate surface area is 414 Å². The van der Waals surface area contributed by atoms with Gasteiger partial charge in [-0.1, -0.05) is 224 Å². The first-order valence-corrected chi connectivity index (χ1v) is 24.7. The number of hydrogen-bond acceptors (Lipinski definition) is 2. The monoisotopic (exact) mass is 905 g/mol. The Balaban J connectivity index is 0.954. The molecular weight excluding hydrogens is 859 g/mol. The zero-order valence-corrected chi connectivity index (χ0v) is 39.3. The molecule has 334 valence electrons. The van der Waals surface area contributed by atoms with Gasteiger partial charge in [0.1, 0.15) is 11.2 Å². The van der Waals surface area contributed by atoms with Crippen LogP contribution in [-0.2, 0) is 10.8 Å². The summed E-state index contributed by atoms with van der Waals surface area (Å²) >= 11 is 0. The van der Waals surface area contributed by atoms with Crippen molar-refractivity contribution in [1.82, 2.24) is 0 Å². The van der Waals surface area contributed by atoms with Crippen LogP contribution in [-0.4, -0.2) is 0 Å². The molecular formula is C69H47NO. The zero-order chi connectivity index (χ0) is 47.1. The van der Waals surface area contributed by atoms with E-state index in [0.29, 0.717) is 0 Å². The summed E-state index contributed by atoms with van der Waals surface area (Å²) in [7, 11) is 0. The number of benzene rings is 11. The van der Waals surface area contributed by atoms with E-state index < -0.39 is 10.8 Å². The molecule has 0 radical (unpaired) electrons. The highest BCUT2D eigenvalue weighted by Crippen LogP contribution is 2.58. The fraction of sp³-hybridized carbons (Fsp3) is 0.0435. The van der Waals surface area contributed by atoms with E-state index >= 15 is 0 Å². The van der Waals surface area contributed by atoms with E-state index in [1.807, 2.05) is 0 Å². The van der Waals surface area contributed by atoms with Crippen molar-refractivity contribution in [2.45, 2.75) is 17.8 Å². The number of rotatable bonds is 8. The van der Waals surface area contributed by atoms with E-state index in [-0.39, 0.29) is 0 Å². The molecule has 0 atom stereocenters. The van der Waals surface area contributed by atoms with E-state index in [9.17, 15) is 0 Å². The van der Waals surface area contributed by atoms with Gasteiger partial charge in [-0.25, -0.2) is 0 Å². The van der Waals surface area contributed by atoms with Crippen LogP contribution >= 0.6 is 0 Å². The van der Waals surface area contributed by atoms with Crippen molar-refractivity contribution in [3.05, 3.63) is 306 Å². The summed E-state index contributed by atoms with van der Waals surface area (Å²) in [6.07, 6.45) is 0. The van der Waals surface area contributed by atoms with Crippen LogP contribution in [0.5, 0.6) is 0 Å². The SMILES string of the molecule is CC1(c2cccc3c2oc2cc(N(c4ccc(-c5ccc(-c6ccccc6)cc5)cc4)c4ccc5c(c4)C(c4ccccc4)(c4ccccc4)c4ccccc4-5)ccc23)c2ccccc2-c2ccccc21. The van der Waals surface area contributed by atoms with E-state index in [1.165, 1.54) is 77.9 Å². The Kier molecular flexibility index (Phi) is 9.28. The van der Waals surface area contributed by atoms with Gasteiger partial charge in [0.05, 0.1) is 5.41 Å². The summed E-state index contributed by atoms with van der Waals surface area (Å²) in [5.41, 5.74) is 22.6. The van der Waals surface area contributed by atoms with Gasteiger partial charge in [0.2, 0.25) is 0 Å². The van der Waals surface area contributed by atoms with Crippen LogP contribution in [0.3, 0.4) is 0 Å². The second-order valence-electron chi connectivity index (χ2n) is 19.3. The number of anilines is 3.